The molecule has 1 saturated carbocycles. The van der Waals surface area contributed by atoms with E-state index < -0.39 is 5.91 Å². The molecule has 31 heavy (non-hydrogen) atoms. The van der Waals surface area contributed by atoms with Crippen molar-refractivity contribution in [2.24, 2.45) is 5.73 Å². The number of nitrogens with two attached hydrogens (primary N) is 1. The molecule has 0 bridgehead atoms. The highest BCUT2D eigenvalue weighted by molar-refractivity contribution is 6.07. The fourth-order valence-electron chi connectivity index (χ4n) is 4.49. The van der Waals surface area contributed by atoms with Gasteiger partial charge in [-0.25, -0.2) is 4.98 Å². The molecule has 1 saturated heterocycles. The Morgan fingerprint density at radius 3 is 2.61 bits per heavy atom. The van der Waals surface area contributed by atoms with Crippen molar-refractivity contribution in [2.75, 3.05) is 35.2 Å². The van der Waals surface area contributed by atoms with Gasteiger partial charge in [0.05, 0.1) is 23.6 Å². The number of carbonyl (C=O) groups excluding carboxylic acids is 2. The first-order valence-corrected chi connectivity index (χ1v) is 10.9. The van der Waals surface area contributed by atoms with Crippen LogP contribution in [0.1, 0.15) is 43.0 Å². The van der Waals surface area contributed by atoms with Crippen molar-refractivity contribution in [1.82, 2.24) is 10.3 Å². The number of nitrogens with zero attached hydrogens (tertiary/aromatic N) is 2. The van der Waals surface area contributed by atoms with Gasteiger partial charge in [0.15, 0.2) is 5.78 Å². The van der Waals surface area contributed by atoms with Gasteiger partial charge in [0, 0.05) is 31.4 Å². The standard InChI is InChI=1S/C23H30N6O2/c1-15(30)18-13-25-11-12-29(18)19-14-26-23(28-17-7-3-2-4-8-17)20(22(24)31)21(19)27-16-9-5-6-10-16/h2-4,7-8,14,16,18,25H,5-6,9-13H2,1H3,(H2,24,31)(H2,26,27,28). The molecule has 2 aromatic rings. The van der Waals surface area contributed by atoms with Crippen LogP contribution in [0.4, 0.5) is 22.9 Å². The van der Waals surface area contributed by atoms with E-state index in [2.05, 4.69) is 20.9 Å². The lowest BCUT2D eigenvalue weighted by Crippen LogP contribution is -2.55. The Morgan fingerprint density at radius 1 is 1.19 bits per heavy atom. The predicted molar refractivity (Wildman–Crippen MR) is 123 cm³/mol. The summed E-state index contributed by atoms with van der Waals surface area (Å²) in [5.41, 5.74) is 8.45. The molecular weight excluding hydrogens is 392 g/mol. The minimum Gasteiger partial charge on any atom is -0.380 e. The van der Waals surface area contributed by atoms with Gasteiger partial charge in [-0.15, -0.1) is 0 Å². The van der Waals surface area contributed by atoms with E-state index >= 15 is 0 Å². The summed E-state index contributed by atoms with van der Waals surface area (Å²) in [6, 6.07) is 9.53. The minimum atomic E-state index is -0.553. The highest BCUT2D eigenvalue weighted by Gasteiger charge is 2.32. The van der Waals surface area contributed by atoms with E-state index in [4.69, 9.17) is 5.73 Å². The van der Waals surface area contributed by atoms with Crippen molar-refractivity contribution in [2.45, 2.75) is 44.7 Å². The van der Waals surface area contributed by atoms with Crippen molar-refractivity contribution in [3.05, 3.63) is 42.1 Å². The summed E-state index contributed by atoms with van der Waals surface area (Å²) in [6.07, 6.45) is 6.14. The second kappa shape index (κ2) is 9.34. The van der Waals surface area contributed by atoms with Gasteiger partial charge in [-0.1, -0.05) is 31.0 Å². The molecule has 2 heterocycles. The Hall–Kier alpha value is -3.13. The Balaban J connectivity index is 1.80. The number of primary amides is 1. The number of aromatic nitrogens is 1. The summed E-state index contributed by atoms with van der Waals surface area (Å²) < 4.78 is 0. The third kappa shape index (κ3) is 4.64. The molecular formula is C23H30N6O2. The first-order valence-electron chi connectivity index (χ1n) is 10.9. The summed E-state index contributed by atoms with van der Waals surface area (Å²) in [6.45, 7) is 3.56. The van der Waals surface area contributed by atoms with Crippen molar-refractivity contribution < 1.29 is 9.59 Å². The zero-order chi connectivity index (χ0) is 21.8. The van der Waals surface area contributed by atoms with Gasteiger partial charge in [-0.2, -0.15) is 0 Å². The molecule has 1 atom stereocenters. The number of Topliss-reactive ketones (excluding diaryl/α,β-unsaturated/α-hetero) is 1. The SMILES string of the molecule is CC(=O)C1CNCCN1c1cnc(Nc2ccccc2)c(C(N)=O)c1NC1CCCC1. The molecule has 2 fully saturated rings. The van der Waals surface area contributed by atoms with Crippen molar-refractivity contribution >= 4 is 34.6 Å². The summed E-state index contributed by atoms with van der Waals surface area (Å²) in [4.78, 5) is 31.6. The second-order valence-electron chi connectivity index (χ2n) is 8.25. The van der Waals surface area contributed by atoms with Crippen molar-refractivity contribution in [3.63, 3.8) is 0 Å². The van der Waals surface area contributed by atoms with E-state index in [0.717, 1.165) is 43.6 Å². The number of para-hydroxylation sites is 1. The van der Waals surface area contributed by atoms with E-state index in [1.165, 1.54) is 0 Å². The number of ketones is 1. The maximum Gasteiger partial charge on any atom is 0.254 e. The van der Waals surface area contributed by atoms with Crippen LogP contribution in [-0.4, -0.2) is 48.4 Å². The summed E-state index contributed by atoms with van der Waals surface area (Å²) in [5, 5.41) is 10.1. The lowest BCUT2D eigenvalue weighted by atomic mass is 10.0. The van der Waals surface area contributed by atoms with Crippen LogP contribution in [0.3, 0.4) is 0 Å². The highest BCUT2D eigenvalue weighted by atomic mass is 16.1. The predicted octanol–water partition coefficient (Wildman–Crippen LogP) is 2.65. The number of nitrogens with one attached hydrogen (secondary N) is 3. The maximum absolute atomic E-state index is 12.7. The third-order valence-electron chi connectivity index (χ3n) is 6.07. The van der Waals surface area contributed by atoms with E-state index in [1.807, 2.05) is 35.2 Å². The second-order valence-corrected chi connectivity index (χ2v) is 8.25. The smallest absolute Gasteiger partial charge is 0.254 e. The molecule has 8 heteroatoms. The third-order valence-corrected chi connectivity index (χ3v) is 6.07. The first kappa shape index (κ1) is 21.1. The van der Waals surface area contributed by atoms with Gasteiger partial charge < -0.3 is 26.6 Å². The van der Waals surface area contributed by atoms with Gasteiger partial charge in [0.2, 0.25) is 0 Å². The number of benzene rings is 1. The molecule has 0 spiro atoms. The van der Waals surface area contributed by atoms with Gasteiger partial charge >= 0.3 is 0 Å². The Labute approximate surface area is 182 Å². The summed E-state index contributed by atoms with van der Waals surface area (Å²) in [7, 11) is 0. The lowest BCUT2D eigenvalue weighted by Gasteiger charge is -2.38. The average molecular weight is 423 g/mol. The lowest BCUT2D eigenvalue weighted by molar-refractivity contribution is -0.118. The van der Waals surface area contributed by atoms with Gasteiger partial charge in [-0.05, 0) is 31.9 Å². The van der Waals surface area contributed by atoms with Crippen LogP contribution in [0.5, 0.6) is 0 Å². The zero-order valence-electron chi connectivity index (χ0n) is 17.9. The molecule has 164 valence electrons. The molecule has 0 radical (unpaired) electrons. The largest absolute Gasteiger partial charge is 0.380 e. The molecule has 1 aromatic heterocycles. The molecule has 1 aliphatic heterocycles. The molecule has 1 aliphatic carbocycles. The van der Waals surface area contributed by atoms with Crippen LogP contribution in [0.2, 0.25) is 0 Å². The molecule has 4 rings (SSSR count). The number of carbonyl (C=O) groups is 2. The number of amides is 1. The molecule has 5 N–H and O–H groups in total. The van der Waals surface area contributed by atoms with Crippen LogP contribution < -0.4 is 26.6 Å². The average Bonchev–Trinajstić information content (AvgIpc) is 3.27. The van der Waals surface area contributed by atoms with E-state index in [-0.39, 0.29) is 17.9 Å². The number of hydrogen-bond acceptors (Lipinski definition) is 7. The van der Waals surface area contributed by atoms with Crippen LogP contribution in [0.25, 0.3) is 0 Å². The van der Waals surface area contributed by atoms with Crippen LogP contribution >= 0.6 is 0 Å². The van der Waals surface area contributed by atoms with E-state index in [9.17, 15) is 9.59 Å². The Bertz CT molecular complexity index is 943. The quantitative estimate of drug-likeness (QED) is 0.543. The number of pyridine rings is 1. The minimum absolute atomic E-state index is 0.0751. The topological polar surface area (TPSA) is 112 Å². The maximum atomic E-state index is 12.7. The van der Waals surface area contributed by atoms with Gasteiger partial charge in [-0.3, -0.25) is 9.59 Å². The molecule has 1 unspecified atom stereocenters. The molecule has 2 aliphatic rings. The zero-order valence-corrected chi connectivity index (χ0v) is 17.9. The van der Waals surface area contributed by atoms with Crippen LogP contribution in [0, 0.1) is 0 Å². The molecule has 8 nitrogen and oxygen atoms in total. The van der Waals surface area contributed by atoms with Gasteiger partial charge in [0.25, 0.3) is 5.91 Å². The normalized spacial score (nSPS) is 19.3. The van der Waals surface area contributed by atoms with Gasteiger partial charge in [0.1, 0.15) is 11.4 Å². The number of rotatable bonds is 7. The monoisotopic (exact) mass is 422 g/mol. The fourth-order valence-corrected chi connectivity index (χ4v) is 4.49. The molecule has 1 amide bonds. The van der Waals surface area contributed by atoms with Crippen LogP contribution in [0.15, 0.2) is 36.5 Å². The Morgan fingerprint density at radius 2 is 1.94 bits per heavy atom. The summed E-state index contributed by atoms with van der Waals surface area (Å²) in [5.74, 6) is -0.0635. The number of hydrogen-bond donors (Lipinski definition) is 4. The van der Waals surface area contributed by atoms with Crippen LogP contribution in [-0.2, 0) is 4.79 Å². The van der Waals surface area contributed by atoms with E-state index in [1.54, 1.807) is 13.1 Å². The first-order chi connectivity index (χ1) is 15.0. The Kier molecular flexibility index (Phi) is 6.36. The van der Waals surface area contributed by atoms with Crippen molar-refractivity contribution in [3.8, 4) is 0 Å². The van der Waals surface area contributed by atoms with E-state index in [0.29, 0.717) is 30.2 Å². The fraction of sp³-hybridized carbons (Fsp3) is 0.435. The number of anilines is 4. The van der Waals surface area contributed by atoms with Crippen molar-refractivity contribution in [1.29, 1.82) is 0 Å². The number of piperazine rings is 1. The summed E-state index contributed by atoms with van der Waals surface area (Å²) >= 11 is 0. The molecule has 1 aromatic carbocycles. The highest BCUT2D eigenvalue weighted by Crippen LogP contribution is 2.37.